The monoisotopic (exact) mass is 742 g/mol. The third kappa shape index (κ3) is 5.89. The number of hydrogen-bond donors (Lipinski definition) is 0. The van der Waals surface area contributed by atoms with Crippen LogP contribution in [0.3, 0.4) is 0 Å². The second-order valence-electron chi connectivity index (χ2n) is 16.0. The number of fused-ring (bicyclic) bond motifs is 2. The zero-order valence-electron chi connectivity index (χ0n) is 32.5. The van der Waals surface area contributed by atoms with Crippen molar-refractivity contribution in [2.75, 3.05) is 9.80 Å². The molecule has 11 rings (SSSR count). The van der Waals surface area contributed by atoms with Crippen LogP contribution in [0.1, 0.15) is 30.4 Å². The SMILES string of the molecule is C1=CC(c2ccc(N3c4ccc(-c5ccccc5)cc4B4CC5(C=CC(c6ccccc6)=CC5)N(c5ccc(-c6ccccc6)cc5)c5cccc3c54)cc2)=CCC1. The Labute approximate surface area is 342 Å². The summed E-state index contributed by atoms with van der Waals surface area (Å²) in [6, 6.07) is 65.1. The lowest BCUT2D eigenvalue weighted by atomic mass is 9.32. The van der Waals surface area contributed by atoms with Crippen LogP contribution in [0.15, 0.2) is 212 Å². The van der Waals surface area contributed by atoms with Crippen molar-refractivity contribution in [2.45, 2.75) is 31.1 Å². The van der Waals surface area contributed by atoms with E-state index in [1.807, 2.05) is 0 Å². The van der Waals surface area contributed by atoms with E-state index in [0.717, 1.165) is 25.6 Å². The van der Waals surface area contributed by atoms with Gasteiger partial charge in [-0.05, 0) is 123 Å². The zero-order valence-corrected chi connectivity index (χ0v) is 32.5. The van der Waals surface area contributed by atoms with Crippen molar-refractivity contribution in [1.29, 1.82) is 0 Å². The lowest BCUT2D eigenvalue weighted by Crippen LogP contribution is -2.63. The molecule has 2 aliphatic carbocycles. The molecule has 4 aliphatic rings. The van der Waals surface area contributed by atoms with Gasteiger partial charge in [0.25, 0.3) is 0 Å². The molecular weight excluding hydrogens is 699 g/mol. The molecule has 1 atom stereocenters. The van der Waals surface area contributed by atoms with Gasteiger partial charge in [-0.2, -0.15) is 0 Å². The van der Waals surface area contributed by atoms with Gasteiger partial charge in [-0.15, -0.1) is 0 Å². The Morgan fingerprint density at radius 3 is 1.71 bits per heavy atom. The minimum atomic E-state index is -0.284. The molecule has 58 heavy (non-hydrogen) atoms. The number of anilines is 5. The van der Waals surface area contributed by atoms with Gasteiger partial charge < -0.3 is 9.80 Å². The molecule has 0 N–H and O–H groups in total. The van der Waals surface area contributed by atoms with Gasteiger partial charge in [0, 0.05) is 28.4 Å². The molecule has 1 unspecified atom stereocenters. The molecular formula is C55H43BN2. The Hall–Kier alpha value is -6.84. The maximum Gasteiger partial charge on any atom is 0.220 e. The molecule has 0 saturated heterocycles. The normalized spacial score (nSPS) is 17.8. The van der Waals surface area contributed by atoms with Crippen LogP contribution in [-0.4, -0.2) is 12.3 Å². The minimum absolute atomic E-state index is 0.189. The van der Waals surface area contributed by atoms with Gasteiger partial charge in [-0.1, -0.05) is 170 Å². The highest BCUT2D eigenvalue weighted by atomic mass is 15.2. The van der Waals surface area contributed by atoms with Crippen LogP contribution >= 0.6 is 0 Å². The van der Waals surface area contributed by atoms with Crippen molar-refractivity contribution in [1.82, 2.24) is 0 Å². The quantitative estimate of drug-likeness (QED) is 0.157. The predicted octanol–water partition coefficient (Wildman–Crippen LogP) is 13.1. The first kappa shape index (κ1) is 34.4. The van der Waals surface area contributed by atoms with Gasteiger partial charge in [0.15, 0.2) is 0 Å². The van der Waals surface area contributed by atoms with Crippen LogP contribution in [0.25, 0.3) is 33.4 Å². The van der Waals surface area contributed by atoms with Crippen LogP contribution in [0.4, 0.5) is 28.4 Å². The molecule has 0 bridgehead atoms. The summed E-state index contributed by atoms with van der Waals surface area (Å²) >= 11 is 0. The highest BCUT2D eigenvalue weighted by Crippen LogP contribution is 2.50. The van der Waals surface area contributed by atoms with Crippen LogP contribution < -0.4 is 20.7 Å². The number of hydrogen-bond acceptors (Lipinski definition) is 2. The molecule has 0 saturated carbocycles. The molecule has 0 amide bonds. The van der Waals surface area contributed by atoms with Crippen molar-refractivity contribution < 1.29 is 0 Å². The van der Waals surface area contributed by atoms with E-state index in [-0.39, 0.29) is 12.3 Å². The molecule has 2 heterocycles. The Balaban J connectivity index is 1.10. The van der Waals surface area contributed by atoms with Crippen LogP contribution in [0.5, 0.6) is 0 Å². The summed E-state index contributed by atoms with van der Waals surface area (Å²) in [7, 11) is 0. The summed E-state index contributed by atoms with van der Waals surface area (Å²) in [5, 5.41) is 0. The summed E-state index contributed by atoms with van der Waals surface area (Å²) in [5.74, 6) is 0. The summed E-state index contributed by atoms with van der Waals surface area (Å²) in [6.45, 7) is 0.189. The van der Waals surface area contributed by atoms with Gasteiger partial charge in [-0.3, -0.25) is 0 Å². The highest BCUT2D eigenvalue weighted by molar-refractivity contribution is 6.90. The second-order valence-corrected chi connectivity index (χ2v) is 16.0. The van der Waals surface area contributed by atoms with Crippen molar-refractivity contribution in [2.24, 2.45) is 0 Å². The third-order valence-corrected chi connectivity index (χ3v) is 12.7. The predicted molar refractivity (Wildman–Crippen MR) is 248 cm³/mol. The Morgan fingerprint density at radius 1 is 0.448 bits per heavy atom. The fourth-order valence-electron chi connectivity index (χ4n) is 9.89. The van der Waals surface area contributed by atoms with Gasteiger partial charge in [-0.25, -0.2) is 0 Å². The minimum Gasteiger partial charge on any atom is -0.333 e. The number of nitrogens with zero attached hydrogens (tertiary/aromatic N) is 2. The topological polar surface area (TPSA) is 6.48 Å². The van der Waals surface area contributed by atoms with Crippen molar-refractivity contribution in [3.63, 3.8) is 0 Å². The molecule has 276 valence electrons. The fourth-order valence-corrected chi connectivity index (χ4v) is 9.89. The fraction of sp³-hybridized carbons (Fsp3) is 0.0909. The largest absolute Gasteiger partial charge is 0.333 e. The molecule has 0 aromatic heterocycles. The molecule has 7 aromatic rings. The first-order valence-electron chi connectivity index (χ1n) is 20.7. The summed E-state index contributed by atoms with van der Waals surface area (Å²) < 4.78 is 0. The molecule has 0 radical (unpaired) electrons. The summed E-state index contributed by atoms with van der Waals surface area (Å²) in [5.41, 5.74) is 18.8. The number of benzene rings is 7. The maximum atomic E-state index is 2.67. The van der Waals surface area contributed by atoms with E-state index in [2.05, 4.69) is 222 Å². The smallest absolute Gasteiger partial charge is 0.220 e. The van der Waals surface area contributed by atoms with E-state index in [4.69, 9.17) is 0 Å². The van der Waals surface area contributed by atoms with E-state index in [9.17, 15) is 0 Å². The van der Waals surface area contributed by atoms with Crippen LogP contribution in [-0.2, 0) is 0 Å². The Morgan fingerprint density at radius 2 is 1.03 bits per heavy atom. The molecule has 0 fully saturated rings. The standard InChI is InChI=1S/C55H43BN2/c1-5-14-40(15-6-1)44-24-29-48(30-25-44)57-51-33-28-47(43-20-11-4-12-21-43)38-50(51)56-39-55(36-34-46(35-37-55)42-18-9-3-10-19-42)58(53-23-13-22-52(57)54(53)56)49-31-26-45(27-32-49)41-16-7-2-8-17-41/h2-5,7-36,38H,1,6,37,39H2. The van der Waals surface area contributed by atoms with Crippen molar-refractivity contribution in [3.8, 4) is 22.3 Å². The van der Waals surface area contributed by atoms with Gasteiger partial charge in [0.2, 0.25) is 6.71 Å². The lowest BCUT2D eigenvalue weighted by Gasteiger charge is -2.53. The van der Waals surface area contributed by atoms with E-state index < -0.39 is 0 Å². The van der Waals surface area contributed by atoms with Gasteiger partial charge >= 0.3 is 0 Å². The summed E-state index contributed by atoms with van der Waals surface area (Å²) in [6.07, 6.45) is 18.4. The molecule has 3 heteroatoms. The van der Waals surface area contributed by atoms with Gasteiger partial charge in [0.1, 0.15) is 0 Å². The van der Waals surface area contributed by atoms with Crippen molar-refractivity contribution in [3.05, 3.63) is 224 Å². The van der Waals surface area contributed by atoms with E-state index in [1.165, 1.54) is 83.9 Å². The molecule has 2 nitrogen and oxygen atoms in total. The van der Waals surface area contributed by atoms with Crippen LogP contribution in [0.2, 0.25) is 6.32 Å². The van der Waals surface area contributed by atoms with Crippen molar-refractivity contribution >= 4 is 57.2 Å². The van der Waals surface area contributed by atoms with Crippen LogP contribution in [0, 0.1) is 0 Å². The average molecular weight is 743 g/mol. The summed E-state index contributed by atoms with van der Waals surface area (Å²) in [4.78, 5) is 5.19. The van der Waals surface area contributed by atoms with E-state index in [1.54, 1.807) is 0 Å². The first-order chi connectivity index (χ1) is 28.7. The average Bonchev–Trinajstić information content (AvgIpc) is 3.31. The lowest BCUT2D eigenvalue weighted by molar-refractivity contribution is 0.563. The second kappa shape index (κ2) is 14.3. The van der Waals surface area contributed by atoms with E-state index in [0.29, 0.717) is 0 Å². The zero-order chi connectivity index (χ0) is 38.5. The number of allylic oxidation sites excluding steroid dienone is 6. The number of rotatable bonds is 6. The third-order valence-electron chi connectivity index (χ3n) is 12.7. The Bertz CT molecular complexity index is 2760. The molecule has 2 aliphatic heterocycles. The molecule has 7 aromatic carbocycles. The maximum absolute atomic E-state index is 2.67. The first-order valence-corrected chi connectivity index (χ1v) is 20.7. The van der Waals surface area contributed by atoms with E-state index >= 15 is 0 Å². The van der Waals surface area contributed by atoms with Gasteiger partial charge in [0.05, 0.1) is 5.54 Å². The highest BCUT2D eigenvalue weighted by Gasteiger charge is 2.50. The Kier molecular flexibility index (Phi) is 8.47. The molecule has 1 spiro atoms.